The smallest absolute Gasteiger partial charge is 0.410 e. The highest BCUT2D eigenvalue weighted by atomic mass is 16.6. The number of rotatable bonds is 5. The van der Waals surface area contributed by atoms with Gasteiger partial charge in [-0.15, -0.1) is 0 Å². The van der Waals surface area contributed by atoms with Gasteiger partial charge in [-0.2, -0.15) is 0 Å². The summed E-state index contributed by atoms with van der Waals surface area (Å²) in [6, 6.07) is 17.9. The molecule has 1 amide bonds. The zero-order chi connectivity index (χ0) is 17.5. The average molecular weight is 340 g/mol. The lowest BCUT2D eigenvalue weighted by Gasteiger charge is -2.34. The van der Waals surface area contributed by atoms with Gasteiger partial charge in [-0.05, 0) is 23.3 Å². The summed E-state index contributed by atoms with van der Waals surface area (Å²) in [6.07, 6.45) is -0.232. The van der Waals surface area contributed by atoms with Crippen molar-refractivity contribution >= 4 is 6.09 Å². The van der Waals surface area contributed by atoms with E-state index in [1.807, 2.05) is 42.5 Å². The van der Waals surface area contributed by atoms with Crippen molar-refractivity contribution in [2.24, 2.45) is 0 Å². The third kappa shape index (κ3) is 4.97. The van der Waals surface area contributed by atoms with Gasteiger partial charge in [-0.25, -0.2) is 4.79 Å². The van der Waals surface area contributed by atoms with Crippen molar-refractivity contribution in [3.63, 3.8) is 0 Å². The number of nitrogens with zero attached hydrogens (tertiary/aromatic N) is 2. The quantitative estimate of drug-likeness (QED) is 0.838. The molecular weight excluding hydrogens is 316 g/mol. The summed E-state index contributed by atoms with van der Waals surface area (Å²) in [4.78, 5) is 16.3. The molecule has 0 saturated carbocycles. The van der Waals surface area contributed by atoms with Gasteiger partial charge in [-0.3, -0.25) is 4.90 Å². The number of hydrogen-bond donors (Lipinski definition) is 0. The van der Waals surface area contributed by atoms with Crippen molar-refractivity contribution in [3.05, 3.63) is 65.7 Å². The first-order valence-corrected chi connectivity index (χ1v) is 8.55. The van der Waals surface area contributed by atoms with Crippen LogP contribution in [0.3, 0.4) is 0 Å². The van der Waals surface area contributed by atoms with E-state index < -0.39 is 0 Å². The largest absolute Gasteiger partial charge is 0.497 e. The maximum absolute atomic E-state index is 12.2. The summed E-state index contributed by atoms with van der Waals surface area (Å²) in [5.74, 6) is 0.876. The monoisotopic (exact) mass is 340 g/mol. The zero-order valence-corrected chi connectivity index (χ0v) is 14.6. The molecule has 25 heavy (non-hydrogen) atoms. The summed E-state index contributed by atoms with van der Waals surface area (Å²) in [5.41, 5.74) is 2.23. The Bertz CT molecular complexity index is 682. The van der Waals surface area contributed by atoms with E-state index in [1.165, 1.54) is 5.56 Å². The van der Waals surface area contributed by atoms with E-state index in [0.29, 0.717) is 19.7 Å². The lowest BCUT2D eigenvalue weighted by molar-refractivity contribution is 0.0700. The van der Waals surface area contributed by atoms with Gasteiger partial charge < -0.3 is 14.4 Å². The highest BCUT2D eigenvalue weighted by molar-refractivity contribution is 5.67. The van der Waals surface area contributed by atoms with Gasteiger partial charge in [-0.1, -0.05) is 42.5 Å². The summed E-state index contributed by atoms with van der Waals surface area (Å²) in [6.45, 7) is 4.26. The van der Waals surface area contributed by atoms with E-state index >= 15 is 0 Å². The lowest BCUT2D eigenvalue weighted by Crippen LogP contribution is -2.48. The molecule has 0 aromatic heterocycles. The number of methoxy groups -OCH3 is 1. The number of piperazine rings is 1. The van der Waals surface area contributed by atoms with Crippen LogP contribution in [-0.4, -0.2) is 49.2 Å². The molecule has 132 valence electrons. The van der Waals surface area contributed by atoms with Crippen LogP contribution in [0.4, 0.5) is 4.79 Å². The zero-order valence-electron chi connectivity index (χ0n) is 14.6. The minimum Gasteiger partial charge on any atom is -0.497 e. The number of carbonyl (C=O) groups excluding carboxylic acids is 1. The van der Waals surface area contributed by atoms with E-state index in [1.54, 1.807) is 12.0 Å². The fourth-order valence-electron chi connectivity index (χ4n) is 2.93. The molecule has 0 N–H and O–H groups in total. The molecule has 0 spiro atoms. The Morgan fingerprint density at radius 2 is 1.68 bits per heavy atom. The fraction of sp³-hybridized carbons (Fsp3) is 0.350. The van der Waals surface area contributed by atoms with Crippen LogP contribution in [0.5, 0.6) is 5.75 Å². The molecule has 2 aromatic rings. The van der Waals surface area contributed by atoms with Crippen molar-refractivity contribution in [1.82, 2.24) is 9.80 Å². The second-order valence-corrected chi connectivity index (χ2v) is 6.15. The van der Waals surface area contributed by atoms with Crippen LogP contribution >= 0.6 is 0 Å². The minimum atomic E-state index is -0.232. The van der Waals surface area contributed by atoms with Crippen molar-refractivity contribution in [2.75, 3.05) is 33.3 Å². The molecule has 1 aliphatic heterocycles. The molecule has 3 rings (SSSR count). The van der Waals surface area contributed by atoms with E-state index in [-0.39, 0.29) is 6.09 Å². The van der Waals surface area contributed by atoms with Crippen LogP contribution in [0.25, 0.3) is 0 Å². The summed E-state index contributed by atoms with van der Waals surface area (Å²) in [7, 11) is 1.68. The molecule has 2 aromatic carbocycles. The van der Waals surface area contributed by atoms with Gasteiger partial charge >= 0.3 is 6.09 Å². The Morgan fingerprint density at radius 3 is 2.40 bits per heavy atom. The summed E-state index contributed by atoms with van der Waals surface area (Å²) < 4.78 is 10.7. The predicted molar refractivity (Wildman–Crippen MR) is 96.5 cm³/mol. The highest BCUT2D eigenvalue weighted by Gasteiger charge is 2.22. The van der Waals surface area contributed by atoms with Crippen LogP contribution in [0.15, 0.2) is 54.6 Å². The van der Waals surface area contributed by atoms with Crippen LogP contribution in [0, 0.1) is 0 Å². The van der Waals surface area contributed by atoms with Gasteiger partial charge in [0.2, 0.25) is 0 Å². The van der Waals surface area contributed by atoms with Crippen molar-refractivity contribution in [1.29, 1.82) is 0 Å². The maximum atomic E-state index is 12.2. The summed E-state index contributed by atoms with van der Waals surface area (Å²) >= 11 is 0. The van der Waals surface area contributed by atoms with E-state index in [0.717, 1.165) is 30.9 Å². The van der Waals surface area contributed by atoms with E-state index in [9.17, 15) is 4.79 Å². The Labute approximate surface area is 148 Å². The molecule has 1 saturated heterocycles. The molecule has 5 nitrogen and oxygen atoms in total. The van der Waals surface area contributed by atoms with Gasteiger partial charge in [0, 0.05) is 32.7 Å². The molecule has 5 heteroatoms. The molecule has 0 unspecified atom stereocenters. The number of amides is 1. The van der Waals surface area contributed by atoms with Crippen LogP contribution in [0.1, 0.15) is 11.1 Å². The van der Waals surface area contributed by atoms with Gasteiger partial charge in [0.25, 0.3) is 0 Å². The Balaban J connectivity index is 1.44. The Kier molecular flexibility index (Phi) is 5.90. The van der Waals surface area contributed by atoms with Crippen molar-refractivity contribution in [2.45, 2.75) is 13.2 Å². The highest BCUT2D eigenvalue weighted by Crippen LogP contribution is 2.15. The van der Waals surface area contributed by atoms with Crippen molar-refractivity contribution in [3.8, 4) is 5.75 Å². The van der Waals surface area contributed by atoms with Gasteiger partial charge in [0.15, 0.2) is 0 Å². The van der Waals surface area contributed by atoms with Gasteiger partial charge in [0.05, 0.1) is 7.11 Å². The van der Waals surface area contributed by atoms with E-state index in [2.05, 4.69) is 17.0 Å². The molecule has 0 aliphatic carbocycles. The Hall–Kier alpha value is -2.53. The van der Waals surface area contributed by atoms with Crippen LogP contribution in [0.2, 0.25) is 0 Å². The molecule has 0 atom stereocenters. The topological polar surface area (TPSA) is 42.0 Å². The second kappa shape index (κ2) is 8.53. The molecule has 1 fully saturated rings. The number of carbonyl (C=O) groups is 1. The summed E-state index contributed by atoms with van der Waals surface area (Å²) in [5, 5.41) is 0. The van der Waals surface area contributed by atoms with Gasteiger partial charge in [0.1, 0.15) is 12.4 Å². The fourth-order valence-corrected chi connectivity index (χ4v) is 2.93. The maximum Gasteiger partial charge on any atom is 0.410 e. The molecule has 1 aliphatic rings. The predicted octanol–water partition coefficient (Wildman–Crippen LogP) is 3.15. The lowest BCUT2D eigenvalue weighted by atomic mass is 10.2. The van der Waals surface area contributed by atoms with Crippen molar-refractivity contribution < 1.29 is 14.3 Å². The first-order valence-electron chi connectivity index (χ1n) is 8.55. The molecule has 0 bridgehead atoms. The molecule has 0 radical (unpaired) electrons. The Morgan fingerprint density at radius 1 is 0.960 bits per heavy atom. The molecule has 1 heterocycles. The SMILES string of the molecule is COc1cccc(CN2CCN(C(=O)OCc3ccccc3)CC2)c1. The molecular formula is C20H24N2O3. The van der Waals surface area contributed by atoms with Crippen LogP contribution in [-0.2, 0) is 17.9 Å². The standard InChI is InChI=1S/C20H24N2O3/c1-24-19-9-5-8-18(14-19)15-21-10-12-22(13-11-21)20(23)25-16-17-6-3-2-4-7-17/h2-9,14H,10-13,15-16H2,1H3. The number of hydrogen-bond acceptors (Lipinski definition) is 4. The number of ether oxygens (including phenoxy) is 2. The first-order chi connectivity index (χ1) is 12.2. The first kappa shape index (κ1) is 17.3. The third-order valence-electron chi connectivity index (χ3n) is 4.38. The van der Waals surface area contributed by atoms with Crippen LogP contribution < -0.4 is 4.74 Å². The minimum absolute atomic E-state index is 0.232. The average Bonchev–Trinajstić information content (AvgIpc) is 2.67. The third-order valence-corrected chi connectivity index (χ3v) is 4.38. The van der Waals surface area contributed by atoms with E-state index in [4.69, 9.17) is 9.47 Å². The number of benzene rings is 2. The normalized spacial score (nSPS) is 15.0. The second-order valence-electron chi connectivity index (χ2n) is 6.15.